The van der Waals surface area contributed by atoms with Crippen LogP contribution in [0.15, 0.2) is 12.1 Å². The lowest BCUT2D eigenvalue weighted by Gasteiger charge is -2.22. The fourth-order valence-electron chi connectivity index (χ4n) is 3.36. The summed E-state index contributed by atoms with van der Waals surface area (Å²) in [5.74, 6) is 0.961. The predicted molar refractivity (Wildman–Crippen MR) is 93.4 cm³/mol. The van der Waals surface area contributed by atoms with Crippen LogP contribution in [0.1, 0.15) is 18.9 Å². The maximum atomic E-state index is 12.6. The number of ether oxygens (including phenoxy) is 2. The van der Waals surface area contributed by atoms with Crippen molar-refractivity contribution >= 4 is 24.0 Å². The minimum absolute atomic E-state index is 0. The van der Waals surface area contributed by atoms with Crippen molar-refractivity contribution in [2.24, 2.45) is 11.7 Å². The van der Waals surface area contributed by atoms with Gasteiger partial charge in [0.25, 0.3) is 5.69 Å². The first kappa shape index (κ1) is 19.3. The Balaban J connectivity index is 0.00000225. The number of benzene rings is 1. The molecule has 1 amide bonds. The molecule has 1 fully saturated rings. The SMILES string of the molecule is CC1CC(CN)CN1C(=O)Cc1cc2c(cc1[N+](=O)[O-])OCCO2.Cl. The number of hydrogen-bond acceptors (Lipinski definition) is 6. The van der Waals surface area contributed by atoms with Crippen LogP contribution < -0.4 is 15.2 Å². The highest BCUT2D eigenvalue weighted by molar-refractivity contribution is 5.85. The van der Waals surface area contributed by atoms with E-state index in [0.29, 0.717) is 49.3 Å². The van der Waals surface area contributed by atoms with Crippen LogP contribution >= 0.6 is 12.4 Å². The average molecular weight is 372 g/mol. The van der Waals surface area contributed by atoms with E-state index in [9.17, 15) is 14.9 Å². The van der Waals surface area contributed by atoms with Crippen LogP contribution in [-0.4, -0.2) is 48.1 Å². The second-order valence-electron chi connectivity index (χ2n) is 6.29. The molecule has 0 aliphatic carbocycles. The van der Waals surface area contributed by atoms with Crippen molar-refractivity contribution in [2.75, 3.05) is 26.3 Å². The van der Waals surface area contributed by atoms with Gasteiger partial charge in [0.1, 0.15) is 13.2 Å². The number of carbonyl (C=O) groups excluding carboxylic acids is 1. The number of halogens is 1. The standard InChI is InChI=1S/C16H21N3O5.ClH/c1-10-4-11(8-17)9-18(10)16(20)6-12-5-14-15(24-3-2-23-14)7-13(12)19(21)22;/h5,7,10-11H,2-4,6,8-9,17H2,1H3;1H. The van der Waals surface area contributed by atoms with E-state index in [1.807, 2.05) is 6.92 Å². The van der Waals surface area contributed by atoms with Crippen LogP contribution in [0.4, 0.5) is 5.69 Å². The lowest BCUT2D eigenvalue weighted by Crippen LogP contribution is -2.35. The van der Waals surface area contributed by atoms with E-state index in [-0.39, 0.29) is 36.5 Å². The molecule has 0 saturated carbocycles. The summed E-state index contributed by atoms with van der Waals surface area (Å²) in [6, 6.07) is 2.99. The van der Waals surface area contributed by atoms with Gasteiger partial charge >= 0.3 is 0 Å². The van der Waals surface area contributed by atoms with Crippen LogP contribution in [-0.2, 0) is 11.2 Å². The van der Waals surface area contributed by atoms with Gasteiger partial charge in [-0.3, -0.25) is 14.9 Å². The van der Waals surface area contributed by atoms with Gasteiger partial charge in [-0.15, -0.1) is 12.4 Å². The van der Waals surface area contributed by atoms with Crippen molar-refractivity contribution in [3.63, 3.8) is 0 Å². The first-order chi connectivity index (χ1) is 11.5. The van der Waals surface area contributed by atoms with E-state index >= 15 is 0 Å². The predicted octanol–water partition coefficient (Wildman–Crippen LogP) is 1.53. The van der Waals surface area contributed by atoms with Crippen LogP contribution in [0, 0.1) is 16.0 Å². The lowest BCUT2D eigenvalue weighted by molar-refractivity contribution is -0.385. The normalized spacial score (nSPS) is 21.6. The molecule has 8 nitrogen and oxygen atoms in total. The Kier molecular flexibility index (Phi) is 6.07. The van der Waals surface area contributed by atoms with Gasteiger partial charge in [0.05, 0.1) is 17.4 Å². The monoisotopic (exact) mass is 371 g/mol. The molecule has 0 aromatic heterocycles. The molecule has 2 heterocycles. The lowest BCUT2D eigenvalue weighted by atomic mass is 10.1. The topological polar surface area (TPSA) is 108 Å². The van der Waals surface area contributed by atoms with Gasteiger partial charge < -0.3 is 20.1 Å². The summed E-state index contributed by atoms with van der Waals surface area (Å²) in [5, 5.41) is 11.3. The highest BCUT2D eigenvalue weighted by Gasteiger charge is 2.33. The number of rotatable bonds is 4. The molecular weight excluding hydrogens is 350 g/mol. The number of hydrogen-bond donors (Lipinski definition) is 1. The van der Waals surface area contributed by atoms with Gasteiger partial charge in [0.15, 0.2) is 11.5 Å². The van der Waals surface area contributed by atoms with E-state index in [1.165, 1.54) is 6.07 Å². The average Bonchev–Trinajstić information content (AvgIpc) is 2.95. The molecule has 0 bridgehead atoms. The Morgan fingerprint density at radius 3 is 2.56 bits per heavy atom. The fraction of sp³-hybridized carbons (Fsp3) is 0.562. The van der Waals surface area contributed by atoms with Crippen molar-refractivity contribution in [3.8, 4) is 11.5 Å². The third-order valence-corrected chi connectivity index (χ3v) is 4.60. The van der Waals surface area contributed by atoms with Crippen molar-refractivity contribution in [1.82, 2.24) is 4.90 Å². The molecule has 1 aromatic rings. The van der Waals surface area contributed by atoms with E-state index < -0.39 is 4.92 Å². The van der Waals surface area contributed by atoms with Gasteiger partial charge in [-0.2, -0.15) is 0 Å². The van der Waals surface area contributed by atoms with E-state index in [2.05, 4.69) is 0 Å². The summed E-state index contributed by atoms with van der Waals surface area (Å²) >= 11 is 0. The minimum atomic E-state index is -0.489. The molecule has 0 spiro atoms. The Morgan fingerprint density at radius 1 is 1.36 bits per heavy atom. The van der Waals surface area contributed by atoms with Gasteiger partial charge in [0.2, 0.25) is 5.91 Å². The Morgan fingerprint density at radius 2 is 2.00 bits per heavy atom. The Hall–Kier alpha value is -2.06. The maximum absolute atomic E-state index is 12.6. The second-order valence-corrected chi connectivity index (χ2v) is 6.29. The largest absolute Gasteiger partial charge is 0.486 e. The molecule has 2 unspecified atom stereocenters. The number of nitro benzene ring substituents is 1. The molecule has 3 rings (SSSR count). The van der Waals surface area contributed by atoms with Crippen LogP contribution in [0.5, 0.6) is 11.5 Å². The highest BCUT2D eigenvalue weighted by atomic mass is 35.5. The molecular formula is C16H22ClN3O5. The molecule has 9 heteroatoms. The van der Waals surface area contributed by atoms with Gasteiger partial charge in [0, 0.05) is 18.2 Å². The van der Waals surface area contributed by atoms with Gasteiger partial charge in [-0.25, -0.2) is 0 Å². The number of nitrogens with two attached hydrogens (primary N) is 1. The zero-order valence-electron chi connectivity index (χ0n) is 14.0. The van der Waals surface area contributed by atoms with E-state index in [1.54, 1.807) is 11.0 Å². The smallest absolute Gasteiger partial charge is 0.277 e. The number of carbonyl (C=O) groups is 1. The van der Waals surface area contributed by atoms with Crippen molar-refractivity contribution in [1.29, 1.82) is 0 Å². The molecule has 1 saturated heterocycles. The minimum Gasteiger partial charge on any atom is -0.486 e. The van der Waals surface area contributed by atoms with Crippen molar-refractivity contribution in [2.45, 2.75) is 25.8 Å². The summed E-state index contributed by atoms with van der Waals surface area (Å²) in [6.45, 7) is 3.87. The van der Waals surface area contributed by atoms with Crippen molar-refractivity contribution < 1.29 is 19.2 Å². The zero-order chi connectivity index (χ0) is 17.3. The maximum Gasteiger partial charge on any atom is 0.277 e. The van der Waals surface area contributed by atoms with E-state index in [4.69, 9.17) is 15.2 Å². The quantitative estimate of drug-likeness (QED) is 0.635. The molecule has 25 heavy (non-hydrogen) atoms. The third-order valence-electron chi connectivity index (χ3n) is 4.60. The molecule has 2 atom stereocenters. The third kappa shape index (κ3) is 3.96. The Bertz CT molecular complexity index is 669. The molecule has 0 radical (unpaired) electrons. The molecule has 2 N–H and O–H groups in total. The van der Waals surface area contributed by atoms with Crippen LogP contribution in [0.3, 0.4) is 0 Å². The summed E-state index contributed by atoms with van der Waals surface area (Å²) in [4.78, 5) is 25.2. The molecule has 2 aliphatic heterocycles. The number of amides is 1. The van der Waals surface area contributed by atoms with Crippen molar-refractivity contribution in [3.05, 3.63) is 27.8 Å². The molecule has 138 valence electrons. The first-order valence-electron chi connectivity index (χ1n) is 8.06. The summed E-state index contributed by atoms with van der Waals surface area (Å²) in [7, 11) is 0. The first-order valence-corrected chi connectivity index (χ1v) is 8.06. The number of nitro groups is 1. The van der Waals surface area contributed by atoms with Crippen LogP contribution in [0.25, 0.3) is 0 Å². The number of likely N-dealkylation sites (tertiary alicyclic amines) is 1. The summed E-state index contributed by atoms with van der Waals surface area (Å²) < 4.78 is 10.9. The van der Waals surface area contributed by atoms with Gasteiger partial charge in [-0.1, -0.05) is 0 Å². The van der Waals surface area contributed by atoms with Crippen LogP contribution in [0.2, 0.25) is 0 Å². The van der Waals surface area contributed by atoms with E-state index in [0.717, 1.165) is 6.42 Å². The zero-order valence-corrected chi connectivity index (χ0v) is 14.8. The Labute approximate surface area is 151 Å². The fourth-order valence-corrected chi connectivity index (χ4v) is 3.36. The number of nitrogens with zero attached hydrogens (tertiary/aromatic N) is 2. The van der Waals surface area contributed by atoms with Gasteiger partial charge in [-0.05, 0) is 31.9 Å². The second kappa shape index (κ2) is 7.88. The highest BCUT2D eigenvalue weighted by Crippen LogP contribution is 2.37. The molecule has 2 aliphatic rings. The molecule has 1 aromatic carbocycles. The summed E-state index contributed by atoms with van der Waals surface area (Å²) in [5.41, 5.74) is 5.92. The number of fused-ring (bicyclic) bond motifs is 1. The summed E-state index contributed by atoms with van der Waals surface area (Å²) in [6.07, 6.45) is 0.833.